The molecule has 0 aliphatic carbocycles. The third-order valence-electron chi connectivity index (χ3n) is 5.02. The fourth-order valence-electron chi connectivity index (χ4n) is 3.46. The number of aromatic amines is 1. The zero-order valence-corrected chi connectivity index (χ0v) is 16.3. The molecule has 0 amide bonds. The average molecular weight is 372 g/mol. The number of hydrogen-bond acceptors (Lipinski definition) is 5. The summed E-state index contributed by atoms with van der Waals surface area (Å²) in [6.07, 6.45) is 4.20. The number of pyridine rings is 1. The van der Waals surface area contributed by atoms with Crippen molar-refractivity contribution < 1.29 is 0 Å². The molecule has 1 fully saturated rings. The summed E-state index contributed by atoms with van der Waals surface area (Å²) in [5.74, 6) is 2.46. The van der Waals surface area contributed by atoms with Crippen molar-refractivity contribution in [2.24, 2.45) is 0 Å². The monoisotopic (exact) mass is 371 g/mol. The highest BCUT2D eigenvalue weighted by Crippen LogP contribution is 2.27. The lowest BCUT2D eigenvalue weighted by atomic mass is 9.96. The van der Waals surface area contributed by atoms with Gasteiger partial charge in [0.25, 0.3) is 0 Å². The van der Waals surface area contributed by atoms with E-state index in [1.165, 1.54) is 0 Å². The minimum absolute atomic E-state index is 0.0272. The molecule has 0 saturated carbocycles. The van der Waals surface area contributed by atoms with Crippen LogP contribution in [0.5, 0.6) is 0 Å². The maximum absolute atomic E-state index is 5.42. The maximum atomic E-state index is 5.42. The first-order valence-corrected chi connectivity index (χ1v) is 9.52. The predicted octanol–water partition coefficient (Wildman–Crippen LogP) is 3.12. The van der Waals surface area contributed by atoms with Crippen molar-refractivity contribution in [3.63, 3.8) is 0 Å². The van der Waals surface area contributed by atoms with Crippen molar-refractivity contribution in [2.75, 3.05) is 13.1 Å². The standard InChI is InChI=1S/C18H25N7S/c1-18(2,3)16-19-17(26)25(22-16)12-23-10-7-13(8-11-23)15-21-20-14-6-4-5-9-24(14)15/h4-6,9,13H,7-8,10-12H2,1-3H3,(H,19,22,26). The van der Waals surface area contributed by atoms with Crippen LogP contribution in [0.15, 0.2) is 24.4 Å². The zero-order valence-electron chi connectivity index (χ0n) is 15.5. The van der Waals surface area contributed by atoms with Gasteiger partial charge in [-0.2, -0.15) is 0 Å². The highest BCUT2D eigenvalue weighted by Gasteiger charge is 2.25. The smallest absolute Gasteiger partial charge is 0.217 e. The van der Waals surface area contributed by atoms with E-state index in [0.29, 0.717) is 10.7 Å². The lowest BCUT2D eigenvalue weighted by molar-refractivity contribution is 0.157. The predicted molar refractivity (Wildman–Crippen MR) is 103 cm³/mol. The molecule has 7 nitrogen and oxygen atoms in total. The Hall–Kier alpha value is -2.06. The van der Waals surface area contributed by atoms with Gasteiger partial charge in [0.2, 0.25) is 4.77 Å². The Labute approximate surface area is 158 Å². The van der Waals surface area contributed by atoms with Crippen LogP contribution in [-0.4, -0.2) is 47.4 Å². The van der Waals surface area contributed by atoms with Gasteiger partial charge in [0.15, 0.2) is 5.65 Å². The molecule has 0 unspecified atom stereocenters. The van der Waals surface area contributed by atoms with Gasteiger partial charge in [0.1, 0.15) is 11.6 Å². The third-order valence-corrected chi connectivity index (χ3v) is 5.34. The molecule has 3 aromatic rings. The van der Waals surface area contributed by atoms with E-state index >= 15 is 0 Å². The van der Waals surface area contributed by atoms with Gasteiger partial charge in [-0.25, -0.2) is 9.67 Å². The molecule has 1 N–H and O–H groups in total. The molecule has 3 aromatic heterocycles. The Morgan fingerprint density at radius 2 is 1.96 bits per heavy atom. The van der Waals surface area contributed by atoms with Crippen LogP contribution in [0.3, 0.4) is 0 Å². The van der Waals surface area contributed by atoms with E-state index in [4.69, 9.17) is 12.2 Å². The van der Waals surface area contributed by atoms with E-state index in [1.54, 1.807) is 0 Å². The molecule has 1 saturated heterocycles. The number of fused-ring (bicyclic) bond motifs is 1. The van der Waals surface area contributed by atoms with Crippen molar-refractivity contribution >= 4 is 17.9 Å². The van der Waals surface area contributed by atoms with E-state index < -0.39 is 0 Å². The van der Waals surface area contributed by atoms with Crippen molar-refractivity contribution in [2.45, 2.75) is 51.6 Å². The number of H-pyrrole nitrogens is 1. The van der Waals surface area contributed by atoms with Gasteiger partial charge in [0.05, 0.1) is 6.67 Å². The van der Waals surface area contributed by atoms with Crippen LogP contribution in [0.1, 0.15) is 51.2 Å². The van der Waals surface area contributed by atoms with Gasteiger partial charge >= 0.3 is 0 Å². The molecule has 4 rings (SSSR count). The van der Waals surface area contributed by atoms with Crippen molar-refractivity contribution in [1.29, 1.82) is 0 Å². The molecule has 1 aliphatic rings. The molecule has 26 heavy (non-hydrogen) atoms. The van der Waals surface area contributed by atoms with Gasteiger partial charge in [-0.3, -0.25) is 14.4 Å². The summed E-state index contributed by atoms with van der Waals surface area (Å²) < 4.78 is 4.71. The quantitative estimate of drug-likeness (QED) is 0.717. The fourth-order valence-corrected chi connectivity index (χ4v) is 3.65. The number of rotatable bonds is 3. The van der Waals surface area contributed by atoms with Crippen molar-refractivity contribution in [3.05, 3.63) is 40.8 Å². The summed E-state index contributed by atoms with van der Waals surface area (Å²) in [5, 5.41) is 12.1. The van der Waals surface area contributed by atoms with Gasteiger partial charge < -0.3 is 0 Å². The summed E-state index contributed by atoms with van der Waals surface area (Å²) >= 11 is 5.42. The van der Waals surface area contributed by atoms with Crippen LogP contribution in [0.25, 0.3) is 5.65 Å². The second kappa shape index (κ2) is 6.59. The number of piperidine rings is 1. The number of aromatic nitrogens is 6. The molecule has 0 aromatic carbocycles. The number of likely N-dealkylation sites (tertiary alicyclic amines) is 1. The molecule has 0 spiro atoms. The van der Waals surface area contributed by atoms with Crippen LogP contribution < -0.4 is 0 Å². The molecule has 0 radical (unpaired) electrons. The summed E-state index contributed by atoms with van der Waals surface area (Å²) in [6, 6.07) is 6.02. The summed E-state index contributed by atoms with van der Waals surface area (Å²) in [4.78, 5) is 6.93. The maximum Gasteiger partial charge on any atom is 0.217 e. The van der Waals surface area contributed by atoms with Crippen LogP contribution in [0.2, 0.25) is 0 Å². The first kappa shape index (κ1) is 17.4. The van der Waals surface area contributed by atoms with E-state index in [1.807, 2.05) is 22.9 Å². The normalized spacial score (nSPS) is 17.2. The number of nitrogens with one attached hydrogen (secondary N) is 1. The highest BCUT2D eigenvalue weighted by molar-refractivity contribution is 7.71. The van der Waals surface area contributed by atoms with Gasteiger partial charge in [-0.05, 0) is 37.2 Å². The third kappa shape index (κ3) is 3.31. The largest absolute Gasteiger partial charge is 0.286 e. The van der Waals surface area contributed by atoms with Crippen LogP contribution >= 0.6 is 12.2 Å². The SMILES string of the molecule is CC(C)(C)c1nc(=S)n(CN2CCC(c3nnc4ccccn34)CC2)[nH]1. The molecule has 138 valence electrons. The topological polar surface area (TPSA) is 67.0 Å². The summed E-state index contributed by atoms with van der Waals surface area (Å²) in [7, 11) is 0. The Kier molecular flexibility index (Phi) is 4.40. The first-order chi connectivity index (χ1) is 12.4. The van der Waals surface area contributed by atoms with E-state index in [9.17, 15) is 0 Å². The summed E-state index contributed by atoms with van der Waals surface area (Å²) in [5.41, 5.74) is 0.893. The number of hydrogen-bond donors (Lipinski definition) is 1. The average Bonchev–Trinajstić information content (AvgIpc) is 3.20. The van der Waals surface area contributed by atoms with E-state index in [0.717, 1.165) is 49.9 Å². The second-order valence-corrected chi connectivity index (χ2v) is 8.42. The zero-order chi connectivity index (χ0) is 18.3. The Morgan fingerprint density at radius 3 is 2.65 bits per heavy atom. The second-order valence-electron chi connectivity index (χ2n) is 8.05. The fraction of sp³-hybridized carbons (Fsp3) is 0.556. The minimum Gasteiger partial charge on any atom is -0.286 e. The van der Waals surface area contributed by atoms with Gasteiger partial charge in [0, 0.05) is 30.6 Å². The molecule has 0 atom stereocenters. The minimum atomic E-state index is -0.0272. The Balaban J connectivity index is 1.43. The van der Waals surface area contributed by atoms with Gasteiger partial charge in [-0.1, -0.05) is 26.8 Å². The molecule has 1 aliphatic heterocycles. The molecular weight excluding hydrogens is 346 g/mol. The van der Waals surface area contributed by atoms with Crippen LogP contribution in [-0.2, 0) is 12.1 Å². The van der Waals surface area contributed by atoms with E-state index in [-0.39, 0.29) is 5.41 Å². The molecular formula is C18H25N7S. The van der Waals surface area contributed by atoms with Crippen molar-refractivity contribution in [3.8, 4) is 0 Å². The first-order valence-electron chi connectivity index (χ1n) is 9.11. The van der Waals surface area contributed by atoms with Crippen LogP contribution in [0, 0.1) is 4.77 Å². The lowest BCUT2D eigenvalue weighted by Gasteiger charge is -2.31. The number of nitrogens with zero attached hydrogens (tertiary/aromatic N) is 6. The van der Waals surface area contributed by atoms with Crippen molar-refractivity contribution in [1.82, 2.24) is 34.3 Å². The highest BCUT2D eigenvalue weighted by atomic mass is 32.1. The van der Waals surface area contributed by atoms with Gasteiger partial charge in [-0.15, -0.1) is 10.2 Å². The summed E-state index contributed by atoms with van der Waals surface area (Å²) in [6.45, 7) is 9.20. The molecule has 8 heteroatoms. The van der Waals surface area contributed by atoms with E-state index in [2.05, 4.69) is 56.5 Å². The Morgan fingerprint density at radius 1 is 1.19 bits per heavy atom. The molecule has 4 heterocycles. The lowest BCUT2D eigenvalue weighted by Crippen LogP contribution is -2.35. The Bertz CT molecular complexity index is 954. The molecule has 0 bridgehead atoms. The van der Waals surface area contributed by atoms with Crippen LogP contribution in [0.4, 0.5) is 0 Å².